The van der Waals surface area contributed by atoms with E-state index in [4.69, 9.17) is 9.47 Å². The molecular formula is C24H25NO3. The summed E-state index contributed by atoms with van der Waals surface area (Å²) in [5.74, 6) is 1.31. The minimum absolute atomic E-state index is 0.0364. The summed E-state index contributed by atoms with van der Waals surface area (Å²) in [5.41, 5.74) is 3.19. The van der Waals surface area contributed by atoms with E-state index in [0.29, 0.717) is 0 Å². The number of methoxy groups -OCH3 is 1. The number of carbonyl (C=O) groups is 1. The maximum Gasteiger partial charge on any atom is 0.258 e. The van der Waals surface area contributed by atoms with Crippen molar-refractivity contribution in [1.29, 1.82) is 0 Å². The van der Waals surface area contributed by atoms with Crippen LogP contribution in [0.4, 0.5) is 0 Å². The van der Waals surface area contributed by atoms with E-state index in [1.54, 1.807) is 7.11 Å². The second-order valence-corrected chi connectivity index (χ2v) is 6.59. The summed E-state index contributed by atoms with van der Waals surface area (Å²) < 4.78 is 11.2. The van der Waals surface area contributed by atoms with Crippen LogP contribution in [0.2, 0.25) is 0 Å². The molecule has 3 rings (SSSR count). The van der Waals surface area contributed by atoms with E-state index >= 15 is 0 Å². The number of carbonyl (C=O) groups excluding carboxylic acids is 1. The summed E-state index contributed by atoms with van der Waals surface area (Å²) in [5, 5.41) is 2.97. The number of hydrogen-bond donors (Lipinski definition) is 1. The number of rotatable bonds is 8. The van der Waals surface area contributed by atoms with E-state index in [9.17, 15) is 4.79 Å². The lowest BCUT2D eigenvalue weighted by Gasteiger charge is -2.18. The van der Waals surface area contributed by atoms with E-state index in [0.717, 1.165) is 29.0 Å². The van der Waals surface area contributed by atoms with Gasteiger partial charge in [-0.05, 0) is 30.2 Å². The monoisotopic (exact) mass is 375 g/mol. The van der Waals surface area contributed by atoms with Gasteiger partial charge in [0.25, 0.3) is 5.91 Å². The van der Waals surface area contributed by atoms with Crippen molar-refractivity contribution in [3.63, 3.8) is 0 Å². The minimum Gasteiger partial charge on any atom is -0.496 e. The molecule has 1 N–H and O–H groups in total. The zero-order chi connectivity index (χ0) is 19.8. The predicted molar refractivity (Wildman–Crippen MR) is 111 cm³/mol. The fourth-order valence-corrected chi connectivity index (χ4v) is 3.13. The maximum atomic E-state index is 12.4. The summed E-state index contributed by atoms with van der Waals surface area (Å²) in [6, 6.07) is 25.5. The molecule has 28 heavy (non-hydrogen) atoms. The van der Waals surface area contributed by atoms with Crippen LogP contribution in [0, 0.1) is 0 Å². The topological polar surface area (TPSA) is 47.6 Å². The van der Waals surface area contributed by atoms with Crippen LogP contribution in [0.15, 0.2) is 78.9 Å². The Kier molecular flexibility index (Phi) is 6.68. The number of para-hydroxylation sites is 2. The molecule has 1 atom stereocenters. The molecule has 4 heteroatoms. The van der Waals surface area contributed by atoms with Crippen LogP contribution < -0.4 is 14.8 Å². The predicted octanol–water partition coefficient (Wildman–Crippen LogP) is 4.54. The van der Waals surface area contributed by atoms with Crippen LogP contribution in [-0.4, -0.2) is 19.6 Å². The first-order valence-electron chi connectivity index (χ1n) is 9.34. The van der Waals surface area contributed by atoms with Crippen LogP contribution in [0.25, 0.3) is 0 Å². The molecular weight excluding hydrogens is 350 g/mol. The molecule has 0 radical (unpaired) electrons. The average molecular weight is 375 g/mol. The second kappa shape index (κ2) is 9.60. The van der Waals surface area contributed by atoms with Crippen molar-refractivity contribution in [2.45, 2.75) is 19.4 Å². The lowest BCUT2D eigenvalue weighted by atomic mass is 10.0. The van der Waals surface area contributed by atoms with E-state index in [2.05, 4.69) is 17.4 Å². The minimum atomic E-state index is -0.174. The van der Waals surface area contributed by atoms with Crippen molar-refractivity contribution in [2.24, 2.45) is 0 Å². The summed E-state index contributed by atoms with van der Waals surface area (Å²) in [4.78, 5) is 12.4. The molecule has 0 aliphatic rings. The molecule has 0 fully saturated rings. The van der Waals surface area contributed by atoms with Gasteiger partial charge in [-0.15, -0.1) is 0 Å². The highest BCUT2D eigenvalue weighted by Crippen LogP contribution is 2.24. The lowest BCUT2D eigenvalue weighted by molar-refractivity contribution is -0.123. The summed E-state index contributed by atoms with van der Waals surface area (Å²) in [6.45, 7) is 1.89. The van der Waals surface area contributed by atoms with E-state index in [-0.39, 0.29) is 18.6 Å². The normalized spacial score (nSPS) is 11.5. The third-order valence-electron chi connectivity index (χ3n) is 4.55. The van der Waals surface area contributed by atoms with Gasteiger partial charge in [0, 0.05) is 12.0 Å². The molecule has 4 nitrogen and oxygen atoms in total. The molecule has 0 saturated carbocycles. The molecule has 0 spiro atoms. The molecule has 0 aliphatic carbocycles. The number of hydrogen-bond acceptors (Lipinski definition) is 3. The molecule has 0 saturated heterocycles. The Morgan fingerprint density at radius 3 is 2.29 bits per heavy atom. The van der Waals surface area contributed by atoms with E-state index < -0.39 is 0 Å². The smallest absolute Gasteiger partial charge is 0.258 e. The highest BCUT2D eigenvalue weighted by molar-refractivity contribution is 5.78. The number of ether oxygens (including phenoxy) is 2. The fraction of sp³-hybridized carbons (Fsp3) is 0.208. The van der Waals surface area contributed by atoms with Crippen molar-refractivity contribution in [3.05, 3.63) is 95.6 Å². The average Bonchev–Trinajstić information content (AvgIpc) is 2.73. The molecule has 3 aromatic carbocycles. The zero-order valence-corrected chi connectivity index (χ0v) is 16.2. The maximum absolute atomic E-state index is 12.4. The van der Waals surface area contributed by atoms with Gasteiger partial charge >= 0.3 is 0 Å². The first-order valence-corrected chi connectivity index (χ1v) is 9.34. The molecule has 0 bridgehead atoms. The van der Waals surface area contributed by atoms with Crippen molar-refractivity contribution >= 4 is 5.91 Å². The van der Waals surface area contributed by atoms with Gasteiger partial charge in [0.05, 0.1) is 13.2 Å². The van der Waals surface area contributed by atoms with Gasteiger partial charge in [0.2, 0.25) is 0 Å². The van der Waals surface area contributed by atoms with Gasteiger partial charge in [0.15, 0.2) is 6.61 Å². The van der Waals surface area contributed by atoms with Gasteiger partial charge in [-0.25, -0.2) is 0 Å². The second-order valence-electron chi connectivity index (χ2n) is 6.59. The third kappa shape index (κ3) is 5.13. The summed E-state index contributed by atoms with van der Waals surface area (Å²) >= 11 is 0. The van der Waals surface area contributed by atoms with Gasteiger partial charge in [0.1, 0.15) is 11.5 Å². The Balaban J connectivity index is 1.60. The molecule has 144 valence electrons. The van der Waals surface area contributed by atoms with E-state index in [1.165, 1.54) is 5.56 Å². The molecule has 0 aliphatic heterocycles. The number of benzene rings is 3. The lowest BCUT2D eigenvalue weighted by Crippen LogP contribution is -2.31. The molecule has 3 aromatic rings. The van der Waals surface area contributed by atoms with Crippen molar-refractivity contribution in [3.8, 4) is 11.5 Å². The van der Waals surface area contributed by atoms with Gasteiger partial charge < -0.3 is 14.8 Å². The van der Waals surface area contributed by atoms with Gasteiger partial charge in [-0.3, -0.25) is 4.79 Å². The SMILES string of the molecule is COc1ccccc1C(C)NC(=O)COc1ccccc1Cc1ccccc1. The molecule has 1 amide bonds. The van der Waals surface area contributed by atoms with E-state index in [1.807, 2.05) is 73.7 Å². The standard InChI is InChI=1S/C24H25NO3/c1-18(21-13-7-9-15-23(21)27-2)25-24(26)17-28-22-14-8-6-12-20(22)16-19-10-4-3-5-11-19/h3-15,18H,16-17H2,1-2H3,(H,25,26). The Labute approximate surface area is 166 Å². The largest absolute Gasteiger partial charge is 0.496 e. The van der Waals surface area contributed by atoms with Crippen LogP contribution >= 0.6 is 0 Å². The highest BCUT2D eigenvalue weighted by Gasteiger charge is 2.14. The quantitative estimate of drug-likeness (QED) is 0.629. The van der Waals surface area contributed by atoms with Crippen molar-refractivity contribution in [1.82, 2.24) is 5.32 Å². The molecule has 1 unspecified atom stereocenters. The number of amides is 1. The first-order chi connectivity index (χ1) is 13.7. The molecule has 0 aromatic heterocycles. The molecule has 0 heterocycles. The van der Waals surface area contributed by atoms with Crippen molar-refractivity contribution in [2.75, 3.05) is 13.7 Å². The van der Waals surface area contributed by atoms with Gasteiger partial charge in [-0.1, -0.05) is 66.7 Å². The highest BCUT2D eigenvalue weighted by atomic mass is 16.5. The van der Waals surface area contributed by atoms with Gasteiger partial charge in [-0.2, -0.15) is 0 Å². The Hall–Kier alpha value is -3.27. The zero-order valence-electron chi connectivity index (χ0n) is 16.2. The van der Waals surface area contributed by atoms with Crippen LogP contribution in [0.5, 0.6) is 11.5 Å². The summed E-state index contributed by atoms with van der Waals surface area (Å²) in [6.07, 6.45) is 0.760. The van der Waals surface area contributed by atoms with Crippen LogP contribution in [0.1, 0.15) is 29.7 Å². The Morgan fingerprint density at radius 2 is 1.54 bits per heavy atom. The summed E-state index contributed by atoms with van der Waals surface area (Å²) in [7, 11) is 1.63. The van der Waals surface area contributed by atoms with Crippen LogP contribution in [0.3, 0.4) is 0 Å². The first kappa shape index (κ1) is 19.5. The van der Waals surface area contributed by atoms with Crippen molar-refractivity contribution < 1.29 is 14.3 Å². The number of nitrogens with one attached hydrogen (secondary N) is 1. The Morgan fingerprint density at radius 1 is 0.893 bits per heavy atom. The van der Waals surface area contributed by atoms with Crippen LogP contribution in [-0.2, 0) is 11.2 Å². The third-order valence-corrected chi connectivity index (χ3v) is 4.55. The fourth-order valence-electron chi connectivity index (χ4n) is 3.13. The Bertz CT molecular complexity index is 908.